The van der Waals surface area contributed by atoms with Crippen LogP contribution < -0.4 is 10.0 Å². The SMILES string of the molecule is Cc1c2c(c(NC(=O)NS(=O)(=O)c3cc(C(C)(C)O)n(C)n3)c3c1CCC3)CCC2. The first-order valence-electron chi connectivity index (χ1n) is 10.3. The molecule has 0 aliphatic heterocycles. The lowest BCUT2D eigenvalue weighted by molar-refractivity contribution is 0.0695. The normalized spacial score (nSPS) is 15.8. The average Bonchev–Trinajstić information content (AvgIpc) is 3.36. The van der Waals surface area contributed by atoms with E-state index >= 15 is 0 Å². The molecule has 2 aliphatic rings. The van der Waals surface area contributed by atoms with Gasteiger partial charge in [0, 0.05) is 18.8 Å². The Hall–Kier alpha value is -2.39. The highest BCUT2D eigenvalue weighted by molar-refractivity contribution is 7.90. The summed E-state index contributed by atoms with van der Waals surface area (Å²) in [5.41, 5.74) is 6.07. The molecule has 0 saturated carbocycles. The highest BCUT2D eigenvalue weighted by Gasteiger charge is 2.30. The first kappa shape index (κ1) is 20.9. The number of hydrogen-bond donors (Lipinski definition) is 3. The van der Waals surface area contributed by atoms with Gasteiger partial charge in [-0.1, -0.05) is 0 Å². The van der Waals surface area contributed by atoms with Gasteiger partial charge >= 0.3 is 6.03 Å². The first-order valence-corrected chi connectivity index (χ1v) is 11.7. The summed E-state index contributed by atoms with van der Waals surface area (Å²) in [5, 5.41) is 16.7. The molecule has 0 fully saturated rings. The van der Waals surface area contributed by atoms with E-state index in [4.69, 9.17) is 0 Å². The quantitative estimate of drug-likeness (QED) is 0.687. The Labute approximate surface area is 176 Å². The van der Waals surface area contributed by atoms with Gasteiger partial charge in [-0.15, -0.1) is 0 Å². The van der Waals surface area contributed by atoms with E-state index in [0.717, 1.165) is 55.3 Å². The third-order valence-electron chi connectivity index (χ3n) is 6.17. The van der Waals surface area contributed by atoms with Crippen molar-refractivity contribution >= 4 is 21.7 Å². The van der Waals surface area contributed by atoms with Crippen LogP contribution in [0.5, 0.6) is 0 Å². The molecule has 8 nitrogen and oxygen atoms in total. The number of nitrogens with zero attached hydrogens (tertiary/aromatic N) is 2. The Kier molecular flexibility index (Phi) is 4.93. The van der Waals surface area contributed by atoms with Crippen molar-refractivity contribution in [2.24, 2.45) is 7.05 Å². The van der Waals surface area contributed by atoms with Gasteiger partial charge in [0.2, 0.25) is 0 Å². The highest BCUT2D eigenvalue weighted by Crippen LogP contribution is 2.41. The molecule has 2 aromatic rings. The molecule has 9 heteroatoms. The Morgan fingerprint density at radius 3 is 2.13 bits per heavy atom. The standard InChI is InChI=1S/C21H28N4O4S/c1-12-13-7-5-9-15(13)19(16-10-6-8-14(12)16)22-20(26)24-30(28,29)18-11-17(21(2,3)27)25(4)23-18/h11,27H,5-10H2,1-4H3,(H2,22,24,26). The van der Waals surface area contributed by atoms with Gasteiger partial charge in [-0.2, -0.15) is 13.5 Å². The van der Waals surface area contributed by atoms with Crippen LogP contribution in [0.4, 0.5) is 10.5 Å². The number of urea groups is 1. The zero-order chi connectivity index (χ0) is 21.8. The van der Waals surface area contributed by atoms with Crippen molar-refractivity contribution in [1.82, 2.24) is 14.5 Å². The van der Waals surface area contributed by atoms with Crippen LogP contribution in [0.25, 0.3) is 0 Å². The molecule has 30 heavy (non-hydrogen) atoms. The van der Waals surface area contributed by atoms with Crippen LogP contribution in [0, 0.1) is 6.92 Å². The van der Waals surface area contributed by atoms with Crippen LogP contribution >= 0.6 is 0 Å². The Balaban J connectivity index is 1.61. The van der Waals surface area contributed by atoms with Crippen molar-refractivity contribution in [2.45, 2.75) is 69.9 Å². The summed E-state index contributed by atoms with van der Waals surface area (Å²) in [7, 11) is -2.64. The molecule has 0 atom stereocenters. The predicted molar refractivity (Wildman–Crippen MR) is 113 cm³/mol. The number of rotatable bonds is 4. The monoisotopic (exact) mass is 432 g/mol. The van der Waals surface area contributed by atoms with Crippen LogP contribution in [0.2, 0.25) is 0 Å². The largest absolute Gasteiger partial charge is 0.384 e. The van der Waals surface area contributed by atoms with Crippen molar-refractivity contribution in [2.75, 3.05) is 5.32 Å². The fourth-order valence-electron chi connectivity index (χ4n) is 4.84. The van der Waals surface area contributed by atoms with Gasteiger partial charge in [-0.25, -0.2) is 9.52 Å². The van der Waals surface area contributed by atoms with E-state index in [2.05, 4.69) is 22.1 Å². The van der Waals surface area contributed by atoms with Gasteiger partial charge in [-0.05, 0) is 87.1 Å². The lowest BCUT2D eigenvalue weighted by Gasteiger charge is -2.19. The molecule has 4 rings (SSSR count). The molecule has 1 aromatic heterocycles. The topological polar surface area (TPSA) is 113 Å². The molecule has 0 spiro atoms. The molecular formula is C21H28N4O4S. The summed E-state index contributed by atoms with van der Waals surface area (Å²) < 4.78 is 28.8. The van der Waals surface area contributed by atoms with Crippen LogP contribution in [-0.4, -0.2) is 29.3 Å². The summed E-state index contributed by atoms with van der Waals surface area (Å²) in [6.45, 7) is 5.24. The van der Waals surface area contributed by atoms with Gasteiger partial charge in [0.25, 0.3) is 10.0 Å². The first-order chi connectivity index (χ1) is 14.0. The molecule has 162 valence electrons. The zero-order valence-electron chi connectivity index (χ0n) is 17.8. The number of carbonyl (C=O) groups is 1. The molecular weight excluding hydrogens is 404 g/mol. The molecule has 0 saturated heterocycles. The smallest absolute Gasteiger partial charge is 0.333 e. The minimum atomic E-state index is -4.18. The van der Waals surface area contributed by atoms with Crippen LogP contribution in [0.1, 0.15) is 60.2 Å². The summed E-state index contributed by atoms with van der Waals surface area (Å²) in [5.74, 6) is 0. The molecule has 3 N–H and O–H groups in total. The van der Waals surface area contributed by atoms with Crippen molar-refractivity contribution < 1.29 is 18.3 Å². The number of carbonyl (C=O) groups excluding carboxylic acids is 1. The van der Waals surface area contributed by atoms with Gasteiger partial charge in [-0.3, -0.25) is 4.68 Å². The second-order valence-electron chi connectivity index (χ2n) is 8.73. The van der Waals surface area contributed by atoms with E-state index in [1.165, 1.54) is 27.4 Å². The number of aryl methyl sites for hydroxylation is 1. The molecule has 0 bridgehead atoms. The van der Waals surface area contributed by atoms with Crippen LogP contribution in [-0.2, 0) is 48.4 Å². The fourth-order valence-corrected chi connectivity index (χ4v) is 5.74. The third-order valence-corrected chi connectivity index (χ3v) is 7.37. The molecule has 0 radical (unpaired) electrons. The molecule has 1 aromatic carbocycles. The van der Waals surface area contributed by atoms with E-state index < -0.39 is 21.7 Å². The lowest BCUT2D eigenvalue weighted by Crippen LogP contribution is -2.35. The van der Waals surface area contributed by atoms with E-state index in [0.29, 0.717) is 5.69 Å². The lowest BCUT2D eigenvalue weighted by atomic mass is 9.93. The second kappa shape index (κ2) is 7.09. The van der Waals surface area contributed by atoms with Crippen LogP contribution in [0.15, 0.2) is 11.1 Å². The van der Waals surface area contributed by atoms with E-state index in [9.17, 15) is 18.3 Å². The van der Waals surface area contributed by atoms with Crippen molar-refractivity contribution in [3.63, 3.8) is 0 Å². The van der Waals surface area contributed by atoms with E-state index in [-0.39, 0.29) is 5.03 Å². The van der Waals surface area contributed by atoms with E-state index in [1.54, 1.807) is 20.9 Å². The summed E-state index contributed by atoms with van der Waals surface area (Å²) >= 11 is 0. The molecule has 0 unspecified atom stereocenters. The maximum Gasteiger partial charge on any atom is 0.333 e. The number of aromatic nitrogens is 2. The van der Waals surface area contributed by atoms with Gasteiger partial charge in [0.05, 0.1) is 5.69 Å². The Bertz CT molecular complexity index is 1110. The average molecular weight is 433 g/mol. The Morgan fingerprint density at radius 1 is 1.10 bits per heavy atom. The summed E-state index contributed by atoms with van der Waals surface area (Å²) in [4.78, 5) is 12.7. The zero-order valence-corrected chi connectivity index (χ0v) is 18.6. The minimum Gasteiger partial charge on any atom is -0.384 e. The number of sulfonamides is 1. The summed E-state index contributed by atoms with van der Waals surface area (Å²) in [6, 6.07) is 0.481. The number of amides is 2. The summed E-state index contributed by atoms with van der Waals surface area (Å²) in [6.07, 6.45) is 5.86. The van der Waals surface area contributed by atoms with E-state index in [1.807, 2.05) is 0 Å². The maximum absolute atomic E-state index is 12.7. The van der Waals surface area contributed by atoms with Gasteiger partial charge < -0.3 is 10.4 Å². The van der Waals surface area contributed by atoms with Crippen molar-refractivity contribution in [3.05, 3.63) is 39.6 Å². The third kappa shape index (κ3) is 3.50. The minimum absolute atomic E-state index is 0.309. The number of benzene rings is 1. The maximum atomic E-state index is 12.7. The Morgan fingerprint density at radius 2 is 1.63 bits per heavy atom. The van der Waals surface area contributed by atoms with Gasteiger partial charge in [0.1, 0.15) is 5.60 Å². The number of nitrogens with one attached hydrogen (secondary N) is 2. The van der Waals surface area contributed by atoms with Crippen molar-refractivity contribution in [3.8, 4) is 0 Å². The second-order valence-corrected chi connectivity index (χ2v) is 10.4. The van der Waals surface area contributed by atoms with Crippen molar-refractivity contribution in [1.29, 1.82) is 0 Å². The molecule has 2 amide bonds. The highest BCUT2D eigenvalue weighted by atomic mass is 32.2. The fraction of sp³-hybridized carbons (Fsp3) is 0.524. The van der Waals surface area contributed by atoms with Gasteiger partial charge in [0.15, 0.2) is 5.03 Å². The number of aliphatic hydroxyl groups is 1. The van der Waals surface area contributed by atoms with Crippen LogP contribution in [0.3, 0.4) is 0 Å². The molecule has 2 aliphatic carbocycles. The number of hydrogen-bond acceptors (Lipinski definition) is 5. The number of anilines is 1. The molecule has 1 heterocycles. The predicted octanol–water partition coefficient (Wildman–Crippen LogP) is 2.44. The number of fused-ring (bicyclic) bond motifs is 2.